The van der Waals surface area contributed by atoms with Crippen molar-refractivity contribution in [3.63, 3.8) is 0 Å². The number of nitrogens with one attached hydrogen (secondary N) is 4. The van der Waals surface area contributed by atoms with E-state index in [2.05, 4.69) is 155 Å². The molecule has 0 saturated carbocycles. The molecule has 0 aromatic carbocycles. The average molecular weight is 841 g/mol. The highest BCUT2D eigenvalue weighted by molar-refractivity contribution is 5.88. The summed E-state index contributed by atoms with van der Waals surface area (Å²) in [6.45, 7) is 34.9. The Hall–Kier alpha value is -2.69. The predicted octanol–water partition coefficient (Wildman–Crippen LogP) is 1.74. The summed E-state index contributed by atoms with van der Waals surface area (Å²) in [7, 11) is 0. The van der Waals surface area contributed by atoms with Crippen LogP contribution in [0.3, 0.4) is 0 Å². The van der Waals surface area contributed by atoms with Crippen molar-refractivity contribution in [2.75, 3.05) is 45.9 Å². The van der Waals surface area contributed by atoms with Crippen molar-refractivity contribution < 1.29 is 24.0 Å². The molecule has 15 heteroatoms. The maximum Gasteiger partial charge on any atom is 0.239 e. The van der Waals surface area contributed by atoms with Gasteiger partial charge in [-0.15, -0.1) is 0 Å². The molecule has 0 radical (unpaired) electrons. The second-order valence-corrected chi connectivity index (χ2v) is 23.9. The number of carbonyl (C=O) groups excluding carboxylic acids is 5. The van der Waals surface area contributed by atoms with Gasteiger partial charge in [-0.05, 0) is 130 Å². The van der Waals surface area contributed by atoms with Crippen LogP contribution < -0.4 is 21.3 Å². The Morgan fingerprint density at radius 1 is 0.367 bits per heavy atom. The standard InChI is InChI=1S/C45H80N10O5/c1-41(2,3)51-20-27-16-31(51)36(56)25-50-24-35(55(26-50)45(13,14)15)40(60)49-30-19-34(54(23-30)44(10,11)12)39(59)48-29-18-33(53(22-29)43(7,8)9)38(58)47-28-17-32(37(57)46-27)52(21-28)42(4,5)6/h27-35H,16-26H2,1-15H3,(H,46,57)(H,47,58)(H,48,59)(H,49,60)/t27-,28-,29-,30-,31-,32-,33-,34-,35-/m0/s1. The molecule has 15 nitrogen and oxygen atoms in total. The zero-order valence-electron chi connectivity index (χ0n) is 39.7. The summed E-state index contributed by atoms with van der Waals surface area (Å²) >= 11 is 0. The average Bonchev–Trinajstić information content (AvgIpc) is 3.91. The lowest BCUT2D eigenvalue weighted by molar-refractivity contribution is -0.128. The Kier molecular flexibility index (Phi) is 12.8. The Morgan fingerprint density at radius 2 is 0.633 bits per heavy atom. The number of carbonyl (C=O) groups is 5. The molecule has 0 aromatic rings. The number of ketones is 1. The maximum absolute atomic E-state index is 14.4. The fourth-order valence-corrected chi connectivity index (χ4v) is 11.0. The lowest BCUT2D eigenvalue weighted by Gasteiger charge is -2.37. The zero-order chi connectivity index (χ0) is 44.7. The smallest absolute Gasteiger partial charge is 0.239 e. The Bertz CT molecular complexity index is 1370. The number of hydrogen-bond acceptors (Lipinski definition) is 11. The lowest BCUT2D eigenvalue weighted by Crippen LogP contribution is -2.54. The number of hydrogen-bond donors (Lipinski definition) is 4. The normalized spacial score (nSPS) is 35.9. The van der Waals surface area contributed by atoms with Crippen molar-refractivity contribution in [2.24, 2.45) is 0 Å². The van der Waals surface area contributed by atoms with Gasteiger partial charge >= 0.3 is 0 Å². The highest BCUT2D eigenvalue weighted by atomic mass is 16.2. The predicted molar refractivity (Wildman–Crippen MR) is 234 cm³/mol. The highest BCUT2D eigenvalue weighted by Crippen LogP contribution is 2.34. The van der Waals surface area contributed by atoms with E-state index in [0.29, 0.717) is 65.1 Å². The van der Waals surface area contributed by atoms with Crippen LogP contribution in [0.4, 0.5) is 0 Å². The van der Waals surface area contributed by atoms with E-state index in [1.807, 2.05) is 0 Å². The number of nitrogens with zero attached hydrogens (tertiary/aromatic N) is 6. The second-order valence-electron chi connectivity index (χ2n) is 23.9. The number of likely N-dealkylation sites (tertiary alicyclic amines) is 4. The molecular weight excluding hydrogens is 761 g/mol. The van der Waals surface area contributed by atoms with Crippen molar-refractivity contribution in [1.82, 2.24) is 50.7 Å². The summed E-state index contributed by atoms with van der Waals surface area (Å²) in [6, 6.07) is -3.13. The van der Waals surface area contributed by atoms with Crippen LogP contribution >= 0.6 is 0 Å². The first kappa shape index (κ1) is 46.8. The molecule has 4 amide bonds. The first-order valence-corrected chi connectivity index (χ1v) is 22.7. The van der Waals surface area contributed by atoms with Crippen molar-refractivity contribution in [3.05, 3.63) is 0 Å². The molecule has 0 aromatic heterocycles. The molecule has 10 bridgehead atoms. The third-order valence-electron chi connectivity index (χ3n) is 14.0. The van der Waals surface area contributed by atoms with Gasteiger partial charge in [0.1, 0.15) is 6.04 Å². The molecule has 0 spiro atoms. The molecule has 6 heterocycles. The van der Waals surface area contributed by atoms with Crippen molar-refractivity contribution in [1.29, 1.82) is 0 Å². The minimum atomic E-state index is -0.469. The third-order valence-corrected chi connectivity index (χ3v) is 14.0. The van der Waals surface area contributed by atoms with E-state index < -0.39 is 24.2 Å². The van der Waals surface area contributed by atoms with E-state index in [9.17, 15) is 24.0 Å². The number of fused-ring (bicyclic) bond motifs is 10. The van der Waals surface area contributed by atoms with Gasteiger partial charge in [0.25, 0.3) is 0 Å². The fourth-order valence-electron chi connectivity index (χ4n) is 11.0. The molecule has 6 rings (SSSR count). The molecule has 1 unspecified atom stereocenters. The fraction of sp³-hybridized carbons (Fsp3) is 0.889. The summed E-state index contributed by atoms with van der Waals surface area (Å²) in [5.74, 6) is -0.246. The van der Waals surface area contributed by atoms with Gasteiger partial charge in [-0.2, -0.15) is 0 Å². The molecule has 6 aliphatic rings. The highest BCUT2D eigenvalue weighted by Gasteiger charge is 2.51. The van der Waals surface area contributed by atoms with E-state index in [-0.39, 0.29) is 93.9 Å². The molecule has 6 fully saturated rings. The zero-order valence-corrected chi connectivity index (χ0v) is 39.7. The molecule has 340 valence electrons. The summed E-state index contributed by atoms with van der Waals surface area (Å²) in [6.07, 6.45) is 1.94. The monoisotopic (exact) mass is 841 g/mol. The number of rotatable bonds is 0. The van der Waals surface area contributed by atoms with Gasteiger partial charge in [0.15, 0.2) is 5.78 Å². The number of amides is 4. The van der Waals surface area contributed by atoms with Crippen molar-refractivity contribution >= 4 is 29.4 Å². The Morgan fingerprint density at radius 3 is 0.933 bits per heavy atom. The maximum atomic E-state index is 14.4. The molecule has 10 atom stereocenters. The minimum Gasteiger partial charge on any atom is -0.351 e. The summed E-state index contributed by atoms with van der Waals surface area (Å²) < 4.78 is 0. The van der Waals surface area contributed by atoms with E-state index >= 15 is 0 Å². The van der Waals surface area contributed by atoms with E-state index in [4.69, 9.17) is 0 Å². The third kappa shape index (κ3) is 10.1. The number of Topliss-reactive ketones (excluding diaryl/α,β-unsaturated/α-hetero) is 1. The molecule has 0 aliphatic carbocycles. The summed E-state index contributed by atoms with van der Waals surface area (Å²) in [5, 5.41) is 13.4. The lowest BCUT2D eigenvalue weighted by atomic mass is 10.0. The molecule has 6 saturated heterocycles. The SMILES string of the molecule is CC(C)(C)N1C[C@@H]2C[C@H]1C(=O)CN1C[C@@H](C(=O)N[C@H]3C[C@@H](C(=O)N[C@H]4C[C@@H](C(=O)N[C@H]5C[C@@H](C(=O)N2)N(C(C)(C)C)C5)N(C(C)(C)C)C4)N(C(C)(C)C)C3)N(C(C)(C)C)C1. The van der Waals surface area contributed by atoms with Gasteiger partial charge in [-0.25, -0.2) is 0 Å². The van der Waals surface area contributed by atoms with Crippen LogP contribution in [0.15, 0.2) is 0 Å². The van der Waals surface area contributed by atoms with Crippen LogP contribution in [0.5, 0.6) is 0 Å². The van der Waals surface area contributed by atoms with E-state index in [1.165, 1.54) is 0 Å². The van der Waals surface area contributed by atoms with Gasteiger partial charge in [0, 0.05) is 84.6 Å². The first-order chi connectivity index (χ1) is 27.4. The summed E-state index contributed by atoms with van der Waals surface area (Å²) in [5.41, 5.74) is -1.65. The van der Waals surface area contributed by atoms with Crippen LogP contribution in [-0.4, -0.2) is 187 Å². The van der Waals surface area contributed by atoms with Crippen LogP contribution in [0, 0.1) is 0 Å². The quantitative estimate of drug-likeness (QED) is 0.283. The molecule has 6 aliphatic heterocycles. The Balaban J connectivity index is 1.32. The van der Waals surface area contributed by atoms with Crippen molar-refractivity contribution in [2.45, 2.75) is 212 Å². The van der Waals surface area contributed by atoms with Gasteiger partial charge in [0.05, 0.1) is 37.4 Å². The van der Waals surface area contributed by atoms with Gasteiger partial charge in [-0.1, -0.05) is 0 Å². The van der Waals surface area contributed by atoms with Crippen LogP contribution in [0.25, 0.3) is 0 Å². The summed E-state index contributed by atoms with van der Waals surface area (Å²) in [4.78, 5) is 84.9. The van der Waals surface area contributed by atoms with Crippen molar-refractivity contribution in [3.8, 4) is 0 Å². The van der Waals surface area contributed by atoms with Gasteiger partial charge < -0.3 is 21.3 Å². The Labute approximate surface area is 360 Å². The largest absolute Gasteiger partial charge is 0.351 e. The van der Waals surface area contributed by atoms with E-state index in [1.54, 1.807) is 0 Å². The molecule has 60 heavy (non-hydrogen) atoms. The molecular formula is C45H80N10O5. The van der Waals surface area contributed by atoms with Gasteiger partial charge in [0.2, 0.25) is 23.6 Å². The topological polar surface area (TPSA) is 153 Å². The first-order valence-electron chi connectivity index (χ1n) is 22.7. The van der Waals surface area contributed by atoms with Crippen LogP contribution in [-0.2, 0) is 24.0 Å². The molecule has 4 N–H and O–H groups in total. The van der Waals surface area contributed by atoms with E-state index in [0.717, 1.165) is 0 Å². The van der Waals surface area contributed by atoms with Crippen LogP contribution in [0.2, 0.25) is 0 Å². The second kappa shape index (κ2) is 16.5. The van der Waals surface area contributed by atoms with Crippen LogP contribution in [0.1, 0.15) is 130 Å². The minimum absolute atomic E-state index is 0.0769. The van der Waals surface area contributed by atoms with Gasteiger partial charge in [-0.3, -0.25) is 53.4 Å².